The molecule has 0 saturated carbocycles. The number of carbonyl (C=O) groups is 1. The van der Waals surface area contributed by atoms with Gasteiger partial charge in [-0.1, -0.05) is 42.5 Å². The Morgan fingerprint density at radius 2 is 1.76 bits per heavy atom. The molecule has 1 amide bonds. The fourth-order valence-electron chi connectivity index (χ4n) is 3.00. The van der Waals surface area contributed by atoms with E-state index in [0.29, 0.717) is 11.3 Å². The molecule has 25 heavy (non-hydrogen) atoms. The SMILES string of the molecule is NC(=O)c1ccc(OCOC2c3ccc(-c4ccccc4)c2c3)cc1. The smallest absolute Gasteiger partial charge is 0.248 e. The molecule has 1 unspecified atom stereocenters. The van der Waals surface area contributed by atoms with Gasteiger partial charge in [-0.2, -0.15) is 0 Å². The lowest BCUT2D eigenvalue weighted by molar-refractivity contribution is -0.00812. The van der Waals surface area contributed by atoms with Crippen molar-refractivity contribution in [1.29, 1.82) is 0 Å². The van der Waals surface area contributed by atoms with Crippen molar-refractivity contribution in [3.8, 4) is 5.75 Å². The van der Waals surface area contributed by atoms with Crippen molar-refractivity contribution >= 4 is 11.5 Å². The lowest BCUT2D eigenvalue weighted by Gasteiger charge is -2.34. The zero-order valence-corrected chi connectivity index (χ0v) is 13.5. The van der Waals surface area contributed by atoms with Gasteiger partial charge in [0.25, 0.3) is 0 Å². The molecule has 4 rings (SSSR count). The molecule has 2 N–H and O–H groups in total. The topological polar surface area (TPSA) is 61.6 Å². The van der Waals surface area contributed by atoms with Crippen LogP contribution in [0.25, 0.3) is 5.57 Å². The van der Waals surface area contributed by atoms with Gasteiger partial charge in [-0.25, -0.2) is 0 Å². The Bertz CT molecular complexity index is 890. The monoisotopic (exact) mass is 331 g/mol. The second-order valence-corrected chi connectivity index (χ2v) is 5.91. The van der Waals surface area contributed by atoms with E-state index in [0.717, 1.165) is 5.57 Å². The highest BCUT2D eigenvalue weighted by Crippen LogP contribution is 2.42. The van der Waals surface area contributed by atoms with Crippen LogP contribution in [0.15, 0.2) is 84.0 Å². The maximum atomic E-state index is 11.1. The lowest BCUT2D eigenvalue weighted by Crippen LogP contribution is -2.30. The zero-order valence-electron chi connectivity index (χ0n) is 13.5. The number of benzene rings is 2. The van der Waals surface area contributed by atoms with Crippen LogP contribution in [0.2, 0.25) is 0 Å². The highest BCUT2D eigenvalue weighted by Gasteiger charge is 2.33. The van der Waals surface area contributed by atoms with Gasteiger partial charge in [0, 0.05) is 5.56 Å². The van der Waals surface area contributed by atoms with E-state index >= 15 is 0 Å². The third-order valence-electron chi connectivity index (χ3n) is 4.34. The predicted molar refractivity (Wildman–Crippen MR) is 95.9 cm³/mol. The Hall–Kier alpha value is -3.11. The number of rotatable bonds is 6. The first-order valence-electron chi connectivity index (χ1n) is 8.06. The van der Waals surface area contributed by atoms with E-state index in [9.17, 15) is 4.79 Å². The number of amides is 1. The molecule has 1 atom stereocenters. The molecule has 2 aromatic rings. The maximum Gasteiger partial charge on any atom is 0.248 e. The number of allylic oxidation sites excluding steroid dienone is 2. The number of ether oxygens (including phenoxy) is 2. The van der Waals surface area contributed by atoms with E-state index in [4.69, 9.17) is 15.2 Å². The van der Waals surface area contributed by atoms with Crippen LogP contribution in [-0.4, -0.2) is 18.8 Å². The van der Waals surface area contributed by atoms with Gasteiger partial charge in [-0.15, -0.1) is 0 Å². The summed E-state index contributed by atoms with van der Waals surface area (Å²) < 4.78 is 11.5. The van der Waals surface area contributed by atoms with Gasteiger partial charge >= 0.3 is 0 Å². The molecule has 124 valence electrons. The molecule has 4 heteroatoms. The first kappa shape index (κ1) is 15.4. The number of fused-ring (bicyclic) bond motifs is 2. The average molecular weight is 331 g/mol. The zero-order chi connectivity index (χ0) is 17.2. The van der Waals surface area contributed by atoms with E-state index < -0.39 is 5.91 Å². The maximum absolute atomic E-state index is 11.1. The first-order chi connectivity index (χ1) is 12.2. The number of hydrogen-bond donors (Lipinski definition) is 1. The summed E-state index contributed by atoms with van der Waals surface area (Å²) in [5.74, 6) is 0.181. The normalized spacial score (nSPS) is 17.8. The van der Waals surface area contributed by atoms with Gasteiger partial charge in [-0.3, -0.25) is 4.79 Å². The van der Waals surface area contributed by atoms with Crippen molar-refractivity contribution in [3.05, 3.63) is 95.1 Å². The van der Waals surface area contributed by atoms with Crippen LogP contribution >= 0.6 is 0 Å². The van der Waals surface area contributed by atoms with Gasteiger partial charge in [0.05, 0.1) is 0 Å². The number of nitrogens with two attached hydrogens (primary N) is 1. The van der Waals surface area contributed by atoms with Crippen LogP contribution in [0.5, 0.6) is 5.75 Å². The third-order valence-corrected chi connectivity index (χ3v) is 4.34. The summed E-state index contributed by atoms with van der Waals surface area (Å²) in [5, 5.41) is 0. The van der Waals surface area contributed by atoms with E-state index in [1.54, 1.807) is 24.3 Å². The lowest BCUT2D eigenvalue weighted by atomic mass is 9.77. The summed E-state index contributed by atoms with van der Waals surface area (Å²) in [5.41, 5.74) is 10.4. The number of hydrogen-bond acceptors (Lipinski definition) is 3. The van der Waals surface area contributed by atoms with E-state index in [1.807, 2.05) is 18.2 Å². The summed E-state index contributed by atoms with van der Waals surface area (Å²) in [6, 6.07) is 16.9. The van der Waals surface area contributed by atoms with Gasteiger partial charge in [-0.05, 0) is 52.6 Å². The van der Waals surface area contributed by atoms with Crippen molar-refractivity contribution in [2.75, 3.05) is 6.79 Å². The minimum atomic E-state index is -0.454. The summed E-state index contributed by atoms with van der Waals surface area (Å²) in [6.45, 7) is 0.136. The van der Waals surface area contributed by atoms with Crippen LogP contribution in [0, 0.1) is 0 Å². The van der Waals surface area contributed by atoms with Crippen molar-refractivity contribution in [2.45, 2.75) is 6.10 Å². The van der Waals surface area contributed by atoms with Crippen LogP contribution in [0.3, 0.4) is 0 Å². The molecular weight excluding hydrogens is 314 g/mol. The first-order valence-corrected chi connectivity index (χ1v) is 8.06. The van der Waals surface area contributed by atoms with Crippen LogP contribution in [-0.2, 0) is 4.74 Å². The highest BCUT2D eigenvalue weighted by molar-refractivity contribution is 5.92. The minimum Gasteiger partial charge on any atom is -0.468 e. The number of carbonyl (C=O) groups excluding carboxylic acids is 1. The van der Waals surface area contributed by atoms with E-state index in [2.05, 4.69) is 30.4 Å². The Labute approximate surface area is 145 Å². The van der Waals surface area contributed by atoms with Crippen molar-refractivity contribution in [2.24, 2.45) is 5.73 Å². The predicted octanol–water partition coefficient (Wildman–Crippen LogP) is 3.47. The van der Waals surface area contributed by atoms with Crippen molar-refractivity contribution < 1.29 is 14.3 Å². The Morgan fingerprint density at radius 3 is 2.44 bits per heavy atom. The van der Waals surface area contributed by atoms with Crippen LogP contribution < -0.4 is 10.5 Å². The Morgan fingerprint density at radius 1 is 1.00 bits per heavy atom. The summed E-state index contributed by atoms with van der Waals surface area (Å²) in [6.07, 6.45) is 6.31. The Balaban J connectivity index is 1.36. The summed E-state index contributed by atoms with van der Waals surface area (Å²) in [7, 11) is 0. The molecule has 0 heterocycles. The molecule has 2 aliphatic carbocycles. The van der Waals surface area contributed by atoms with Gasteiger partial charge in [0.15, 0.2) is 6.79 Å². The molecule has 0 fully saturated rings. The number of primary amides is 1. The van der Waals surface area contributed by atoms with Gasteiger partial charge in [0.2, 0.25) is 5.91 Å². The van der Waals surface area contributed by atoms with Gasteiger partial charge < -0.3 is 15.2 Å². The summed E-state index contributed by atoms with van der Waals surface area (Å²) in [4.78, 5) is 11.1. The molecule has 2 aromatic carbocycles. The molecule has 0 saturated heterocycles. The van der Waals surface area contributed by atoms with E-state index in [-0.39, 0.29) is 12.9 Å². The largest absolute Gasteiger partial charge is 0.468 e. The highest BCUT2D eigenvalue weighted by atomic mass is 16.7. The molecule has 0 radical (unpaired) electrons. The van der Waals surface area contributed by atoms with Crippen molar-refractivity contribution in [3.63, 3.8) is 0 Å². The molecule has 0 aliphatic heterocycles. The fourth-order valence-corrected chi connectivity index (χ4v) is 3.00. The quantitative estimate of drug-likeness (QED) is 0.825. The fraction of sp³-hybridized carbons (Fsp3) is 0.0952. The molecular formula is C21H17NO3. The molecule has 2 bridgehead atoms. The second kappa shape index (κ2) is 6.42. The van der Waals surface area contributed by atoms with Crippen LogP contribution in [0.4, 0.5) is 0 Å². The molecule has 2 aliphatic rings. The molecule has 4 nitrogen and oxygen atoms in total. The van der Waals surface area contributed by atoms with E-state index in [1.165, 1.54) is 16.7 Å². The third kappa shape index (κ3) is 2.99. The average Bonchev–Trinajstić information content (AvgIpc) is 2.66. The standard InChI is InChI=1S/C21H17NO3/c22-21(23)15-6-9-17(10-7-15)24-13-25-20-16-8-11-18(19(20)12-16)14-4-2-1-3-5-14/h1-12,20H,13H2,(H2,22,23). The molecule has 0 aromatic heterocycles. The molecule has 0 spiro atoms. The van der Waals surface area contributed by atoms with Gasteiger partial charge in [0.1, 0.15) is 11.9 Å². The van der Waals surface area contributed by atoms with Crippen molar-refractivity contribution in [1.82, 2.24) is 0 Å². The van der Waals surface area contributed by atoms with Crippen LogP contribution in [0.1, 0.15) is 15.9 Å². The second-order valence-electron chi connectivity index (χ2n) is 5.91. The Kier molecular flexibility index (Phi) is 3.96. The minimum absolute atomic E-state index is 0.0508. The summed E-state index contributed by atoms with van der Waals surface area (Å²) >= 11 is 0.